The lowest BCUT2D eigenvalue weighted by Gasteiger charge is -2.27. The highest BCUT2D eigenvalue weighted by molar-refractivity contribution is 7.98. The van der Waals surface area contributed by atoms with E-state index in [1.54, 1.807) is 11.8 Å². The van der Waals surface area contributed by atoms with E-state index in [0.717, 1.165) is 12.2 Å². The Labute approximate surface area is 86.6 Å². The Bertz CT molecular complexity index is 235. The number of carboxylic acid groups (broad SMARTS) is 1. The number of hydrogen-bond donors (Lipinski definition) is 3. The summed E-state index contributed by atoms with van der Waals surface area (Å²) in [4.78, 5) is 21.9. The van der Waals surface area contributed by atoms with Gasteiger partial charge in [0.2, 0.25) is 5.91 Å². The quantitative estimate of drug-likeness (QED) is 0.580. The predicted octanol–water partition coefficient (Wildman–Crippen LogP) is -0.719. The maximum absolute atomic E-state index is 11.4. The summed E-state index contributed by atoms with van der Waals surface area (Å²) in [7, 11) is 0. The van der Waals surface area contributed by atoms with Gasteiger partial charge in [0.05, 0.1) is 6.04 Å². The zero-order chi connectivity index (χ0) is 10.6. The van der Waals surface area contributed by atoms with E-state index in [1.807, 2.05) is 6.26 Å². The molecule has 1 fully saturated rings. The molecule has 0 spiro atoms. The minimum Gasteiger partial charge on any atom is -0.480 e. The first-order chi connectivity index (χ1) is 6.65. The van der Waals surface area contributed by atoms with Gasteiger partial charge in [0, 0.05) is 6.54 Å². The average Bonchev–Trinajstić information content (AvgIpc) is 2.15. The Balaban J connectivity index is 2.40. The average molecular weight is 218 g/mol. The van der Waals surface area contributed by atoms with E-state index >= 15 is 0 Å². The van der Waals surface area contributed by atoms with Crippen LogP contribution in [0.2, 0.25) is 0 Å². The SMILES string of the molecule is CSCCC1NCC(C(=O)O)NC1=O. The number of nitrogens with one attached hydrogen (secondary N) is 2. The van der Waals surface area contributed by atoms with Crippen LogP contribution in [0.25, 0.3) is 0 Å². The number of rotatable bonds is 4. The molecule has 1 aliphatic rings. The molecule has 0 radical (unpaired) electrons. The van der Waals surface area contributed by atoms with E-state index < -0.39 is 12.0 Å². The van der Waals surface area contributed by atoms with Crippen molar-refractivity contribution in [2.75, 3.05) is 18.6 Å². The maximum atomic E-state index is 11.4. The highest BCUT2D eigenvalue weighted by Crippen LogP contribution is 2.04. The molecule has 0 aromatic rings. The number of thioether (sulfide) groups is 1. The smallest absolute Gasteiger partial charge is 0.327 e. The molecule has 0 saturated carbocycles. The normalized spacial score (nSPS) is 27.1. The Morgan fingerprint density at radius 2 is 2.43 bits per heavy atom. The molecule has 6 heteroatoms. The molecule has 1 aliphatic heterocycles. The minimum atomic E-state index is -0.992. The van der Waals surface area contributed by atoms with E-state index in [4.69, 9.17) is 5.11 Å². The van der Waals surface area contributed by atoms with Gasteiger partial charge in [-0.15, -0.1) is 0 Å². The highest BCUT2D eigenvalue weighted by Gasteiger charge is 2.30. The molecule has 0 aliphatic carbocycles. The molecule has 0 aromatic heterocycles. The zero-order valence-corrected chi connectivity index (χ0v) is 8.76. The maximum Gasteiger partial charge on any atom is 0.327 e. The molecule has 80 valence electrons. The molecular weight excluding hydrogens is 204 g/mol. The molecule has 2 unspecified atom stereocenters. The van der Waals surface area contributed by atoms with Crippen molar-refractivity contribution in [2.24, 2.45) is 0 Å². The molecule has 2 atom stereocenters. The monoisotopic (exact) mass is 218 g/mol. The van der Waals surface area contributed by atoms with Crippen molar-refractivity contribution in [3.63, 3.8) is 0 Å². The van der Waals surface area contributed by atoms with E-state index in [0.29, 0.717) is 6.54 Å². The van der Waals surface area contributed by atoms with Crippen LogP contribution in [0.15, 0.2) is 0 Å². The van der Waals surface area contributed by atoms with Crippen LogP contribution in [0, 0.1) is 0 Å². The number of carboxylic acids is 1. The van der Waals surface area contributed by atoms with Gasteiger partial charge in [0.1, 0.15) is 6.04 Å². The number of aliphatic carboxylic acids is 1. The number of carbonyl (C=O) groups is 2. The standard InChI is InChI=1S/C8H14N2O3S/c1-14-3-2-5-7(11)10-6(4-9-5)8(12)13/h5-6,9H,2-4H2,1H3,(H,10,11)(H,12,13). The third-order valence-electron chi connectivity index (χ3n) is 2.11. The van der Waals surface area contributed by atoms with Crippen molar-refractivity contribution in [2.45, 2.75) is 18.5 Å². The summed E-state index contributed by atoms with van der Waals surface area (Å²) in [5, 5.41) is 14.1. The fraction of sp³-hybridized carbons (Fsp3) is 0.750. The first-order valence-corrected chi connectivity index (χ1v) is 5.80. The van der Waals surface area contributed by atoms with Crippen molar-refractivity contribution in [1.82, 2.24) is 10.6 Å². The summed E-state index contributed by atoms with van der Waals surface area (Å²) in [6.07, 6.45) is 2.71. The lowest BCUT2D eigenvalue weighted by atomic mass is 10.1. The van der Waals surface area contributed by atoms with Crippen LogP contribution < -0.4 is 10.6 Å². The first kappa shape index (κ1) is 11.3. The van der Waals surface area contributed by atoms with Gasteiger partial charge in [-0.05, 0) is 18.4 Å². The second kappa shape index (κ2) is 5.21. The Morgan fingerprint density at radius 3 is 2.93 bits per heavy atom. The third kappa shape index (κ3) is 2.88. The number of amides is 1. The van der Waals surface area contributed by atoms with Gasteiger partial charge >= 0.3 is 5.97 Å². The number of piperazine rings is 1. The van der Waals surface area contributed by atoms with Crippen molar-refractivity contribution >= 4 is 23.6 Å². The Kier molecular flexibility index (Phi) is 4.21. The molecular formula is C8H14N2O3S. The summed E-state index contributed by atoms with van der Waals surface area (Å²) in [6.45, 7) is 0.306. The molecule has 0 bridgehead atoms. The second-order valence-corrected chi connectivity index (χ2v) is 4.13. The van der Waals surface area contributed by atoms with Crippen molar-refractivity contribution < 1.29 is 14.7 Å². The summed E-state index contributed by atoms with van der Waals surface area (Å²) in [5.41, 5.74) is 0. The lowest BCUT2D eigenvalue weighted by Crippen LogP contribution is -2.60. The van der Waals surface area contributed by atoms with E-state index in [1.165, 1.54) is 0 Å². The van der Waals surface area contributed by atoms with Crippen molar-refractivity contribution in [1.29, 1.82) is 0 Å². The van der Waals surface area contributed by atoms with Gasteiger partial charge in [0.15, 0.2) is 0 Å². The molecule has 5 nitrogen and oxygen atoms in total. The van der Waals surface area contributed by atoms with Gasteiger partial charge in [0.25, 0.3) is 0 Å². The van der Waals surface area contributed by atoms with E-state index in [2.05, 4.69) is 10.6 Å². The van der Waals surface area contributed by atoms with E-state index in [-0.39, 0.29) is 11.9 Å². The topological polar surface area (TPSA) is 78.4 Å². The van der Waals surface area contributed by atoms with Gasteiger partial charge in [-0.25, -0.2) is 4.79 Å². The van der Waals surface area contributed by atoms with Gasteiger partial charge < -0.3 is 15.7 Å². The molecule has 1 amide bonds. The minimum absolute atomic E-state index is 0.210. The van der Waals surface area contributed by atoms with Crippen LogP contribution in [0.3, 0.4) is 0 Å². The fourth-order valence-electron chi connectivity index (χ4n) is 1.29. The van der Waals surface area contributed by atoms with Crippen LogP contribution in [-0.4, -0.2) is 47.6 Å². The van der Waals surface area contributed by atoms with Crippen LogP contribution in [0.5, 0.6) is 0 Å². The largest absolute Gasteiger partial charge is 0.480 e. The molecule has 0 aromatic carbocycles. The predicted molar refractivity (Wildman–Crippen MR) is 54.4 cm³/mol. The summed E-state index contributed by atoms with van der Waals surface area (Å²) >= 11 is 1.67. The summed E-state index contributed by atoms with van der Waals surface area (Å²) in [5.74, 6) is -0.310. The van der Waals surface area contributed by atoms with Crippen LogP contribution in [-0.2, 0) is 9.59 Å². The zero-order valence-electron chi connectivity index (χ0n) is 7.95. The fourth-order valence-corrected chi connectivity index (χ4v) is 1.77. The van der Waals surface area contributed by atoms with Gasteiger partial charge in [-0.1, -0.05) is 0 Å². The van der Waals surface area contributed by atoms with Crippen molar-refractivity contribution in [3.05, 3.63) is 0 Å². The first-order valence-electron chi connectivity index (χ1n) is 4.40. The number of hydrogen-bond acceptors (Lipinski definition) is 4. The summed E-state index contributed by atoms with van der Waals surface area (Å²) in [6, 6.07) is -1.02. The number of carbonyl (C=O) groups excluding carboxylic acids is 1. The summed E-state index contributed by atoms with van der Waals surface area (Å²) < 4.78 is 0. The molecule has 1 heterocycles. The second-order valence-electron chi connectivity index (χ2n) is 3.14. The van der Waals surface area contributed by atoms with Crippen LogP contribution in [0.1, 0.15) is 6.42 Å². The molecule has 3 N–H and O–H groups in total. The van der Waals surface area contributed by atoms with Crippen molar-refractivity contribution in [3.8, 4) is 0 Å². The Hall–Kier alpha value is -0.750. The Morgan fingerprint density at radius 1 is 1.71 bits per heavy atom. The third-order valence-corrected chi connectivity index (χ3v) is 2.75. The van der Waals surface area contributed by atoms with E-state index in [9.17, 15) is 9.59 Å². The molecule has 1 rings (SSSR count). The molecule has 1 saturated heterocycles. The van der Waals surface area contributed by atoms with Gasteiger partial charge in [-0.3, -0.25) is 4.79 Å². The van der Waals surface area contributed by atoms with Crippen LogP contribution in [0.4, 0.5) is 0 Å². The molecule has 14 heavy (non-hydrogen) atoms. The lowest BCUT2D eigenvalue weighted by molar-refractivity contribution is -0.143. The van der Waals surface area contributed by atoms with Crippen LogP contribution >= 0.6 is 11.8 Å². The highest BCUT2D eigenvalue weighted by atomic mass is 32.2. The van der Waals surface area contributed by atoms with Gasteiger partial charge in [-0.2, -0.15) is 11.8 Å².